The van der Waals surface area contributed by atoms with Crippen LogP contribution in [-0.2, 0) is 9.53 Å². The van der Waals surface area contributed by atoms with Gasteiger partial charge in [0.25, 0.3) is 0 Å². The number of ether oxygens (including phenoxy) is 1. The summed E-state index contributed by atoms with van der Waals surface area (Å²) in [5.41, 5.74) is 2.82. The molecule has 2 fully saturated rings. The predicted octanol–water partition coefficient (Wildman–Crippen LogP) is 3.74. The molecule has 1 N–H and O–H groups in total. The smallest absolute Gasteiger partial charge is 0.220 e. The number of nitrogens with zero attached hydrogens (tertiary/aromatic N) is 1. The molecule has 2 aliphatic heterocycles. The van der Waals surface area contributed by atoms with Crippen LogP contribution in [0.1, 0.15) is 62.6 Å². The predicted molar refractivity (Wildman–Crippen MR) is 108 cm³/mol. The maximum absolute atomic E-state index is 12.8. The van der Waals surface area contributed by atoms with Gasteiger partial charge in [-0.15, -0.1) is 0 Å². The van der Waals surface area contributed by atoms with Gasteiger partial charge in [-0.25, -0.2) is 0 Å². The van der Waals surface area contributed by atoms with Crippen molar-refractivity contribution >= 4 is 5.91 Å². The summed E-state index contributed by atoms with van der Waals surface area (Å²) in [6.45, 7) is 9.64. The van der Waals surface area contributed by atoms with E-state index in [4.69, 9.17) is 4.74 Å². The Bertz CT molecular complexity index is 656. The summed E-state index contributed by atoms with van der Waals surface area (Å²) in [4.78, 5) is 15.4. The first-order valence-electron chi connectivity index (χ1n) is 10.8. The topological polar surface area (TPSA) is 41.6 Å². The van der Waals surface area contributed by atoms with Crippen molar-refractivity contribution in [2.45, 2.75) is 51.5 Å². The van der Waals surface area contributed by atoms with E-state index in [0.29, 0.717) is 24.2 Å². The van der Waals surface area contributed by atoms with Crippen molar-refractivity contribution in [2.24, 2.45) is 17.8 Å². The Labute approximate surface area is 163 Å². The van der Waals surface area contributed by atoms with Crippen molar-refractivity contribution in [1.82, 2.24) is 10.2 Å². The molecule has 1 amide bonds. The lowest BCUT2D eigenvalue weighted by atomic mass is 9.93. The minimum Gasteiger partial charge on any atom is -0.381 e. The van der Waals surface area contributed by atoms with Crippen molar-refractivity contribution in [3.05, 3.63) is 35.4 Å². The van der Waals surface area contributed by atoms with Crippen LogP contribution in [0.3, 0.4) is 0 Å². The number of carbonyl (C=O) groups is 1. The van der Waals surface area contributed by atoms with Gasteiger partial charge in [-0.3, -0.25) is 4.79 Å². The van der Waals surface area contributed by atoms with Gasteiger partial charge in [0.1, 0.15) is 0 Å². The standard InChI is InChI=1S/C23H34N2O2/c1-3-16(2)13-25-14-20-18-6-4-5-7-19(18)23(21(20)15-25)24-22(26)12-17-8-10-27-11-9-17/h4-7,16-17,20-21,23H,3,8-15H2,1-2H3,(H,24,26)/t16?,20-,21-,23+/m0/s1. The molecule has 1 aromatic rings. The van der Waals surface area contributed by atoms with Gasteiger partial charge in [0, 0.05) is 51.1 Å². The fourth-order valence-electron chi connectivity index (χ4n) is 5.29. The van der Waals surface area contributed by atoms with Crippen molar-refractivity contribution in [3.63, 3.8) is 0 Å². The molecule has 1 aliphatic carbocycles. The molecule has 0 saturated carbocycles. The number of rotatable bonds is 6. The summed E-state index contributed by atoms with van der Waals surface area (Å²) in [5, 5.41) is 3.44. The highest BCUT2D eigenvalue weighted by Gasteiger charge is 2.46. The minimum atomic E-state index is 0.181. The molecule has 148 valence electrons. The zero-order valence-electron chi connectivity index (χ0n) is 16.8. The second kappa shape index (κ2) is 8.32. The third-order valence-corrected chi connectivity index (χ3v) is 7.00. The van der Waals surface area contributed by atoms with E-state index < -0.39 is 0 Å². The second-order valence-corrected chi connectivity index (χ2v) is 8.94. The Morgan fingerprint density at radius 1 is 1.22 bits per heavy atom. The molecule has 4 atom stereocenters. The van der Waals surface area contributed by atoms with E-state index in [1.165, 1.54) is 24.1 Å². The molecule has 27 heavy (non-hydrogen) atoms. The fraction of sp³-hybridized carbons (Fsp3) is 0.696. The normalized spacial score (nSPS) is 29.3. The van der Waals surface area contributed by atoms with Crippen LogP contribution >= 0.6 is 0 Å². The van der Waals surface area contributed by atoms with Crippen LogP contribution in [0, 0.1) is 17.8 Å². The number of hydrogen-bond donors (Lipinski definition) is 1. The van der Waals surface area contributed by atoms with Crippen LogP contribution in [-0.4, -0.2) is 43.7 Å². The molecule has 1 aromatic carbocycles. The first kappa shape index (κ1) is 18.9. The van der Waals surface area contributed by atoms with Gasteiger partial charge in [-0.05, 0) is 35.8 Å². The number of carbonyl (C=O) groups excluding carboxylic acids is 1. The van der Waals surface area contributed by atoms with Crippen LogP contribution in [0.4, 0.5) is 0 Å². The average molecular weight is 371 g/mol. The molecular weight excluding hydrogens is 336 g/mol. The number of amides is 1. The highest BCUT2D eigenvalue weighted by molar-refractivity contribution is 5.77. The molecule has 3 aliphatic rings. The van der Waals surface area contributed by atoms with Gasteiger partial charge < -0.3 is 15.0 Å². The molecule has 4 rings (SSSR count). The van der Waals surface area contributed by atoms with Crippen LogP contribution in [0.5, 0.6) is 0 Å². The molecule has 4 heteroatoms. The Kier molecular flexibility index (Phi) is 5.84. The number of benzene rings is 1. The third kappa shape index (κ3) is 4.07. The highest BCUT2D eigenvalue weighted by Crippen LogP contribution is 2.49. The largest absolute Gasteiger partial charge is 0.381 e. The Hall–Kier alpha value is -1.39. The molecule has 1 unspecified atom stereocenters. The number of hydrogen-bond acceptors (Lipinski definition) is 3. The quantitative estimate of drug-likeness (QED) is 0.829. The summed E-state index contributed by atoms with van der Waals surface area (Å²) in [6, 6.07) is 8.96. The lowest BCUT2D eigenvalue weighted by Crippen LogP contribution is -2.35. The SMILES string of the molecule is CCC(C)CN1C[C@@H]2[C@H](NC(=O)CC3CCOCC3)c3ccccc3[C@@H]2C1. The van der Waals surface area contributed by atoms with E-state index in [1.54, 1.807) is 0 Å². The number of fused-ring (bicyclic) bond motifs is 3. The first-order chi connectivity index (χ1) is 13.2. The summed E-state index contributed by atoms with van der Waals surface area (Å²) in [6.07, 6.45) is 3.91. The van der Waals surface area contributed by atoms with Gasteiger partial charge in [0.2, 0.25) is 5.91 Å². The summed E-state index contributed by atoms with van der Waals surface area (Å²) in [7, 11) is 0. The maximum Gasteiger partial charge on any atom is 0.220 e. The molecule has 4 nitrogen and oxygen atoms in total. The van der Waals surface area contributed by atoms with E-state index in [1.807, 2.05) is 0 Å². The molecule has 2 saturated heterocycles. The van der Waals surface area contributed by atoms with E-state index in [2.05, 4.69) is 48.3 Å². The Morgan fingerprint density at radius 2 is 1.96 bits per heavy atom. The summed E-state index contributed by atoms with van der Waals surface area (Å²) < 4.78 is 5.43. The van der Waals surface area contributed by atoms with Crippen molar-refractivity contribution in [3.8, 4) is 0 Å². The van der Waals surface area contributed by atoms with Crippen LogP contribution < -0.4 is 5.32 Å². The molecule has 0 bridgehead atoms. The highest BCUT2D eigenvalue weighted by atomic mass is 16.5. The second-order valence-electron chi connectivity index (χ2n) is 8.94. The summed E-state index contributed by atoms with van der Waals surface area (Å²) >= 11 is 0. The van der Waals surface area contributed by atoms with Crippen LogP contribution in [0.2, 0.25) is 0 Å². The maximum atomic E-state index is 12.8. The number of likely N-dealkylation sites (tertiary alicyclic amines) is 1. The van der Waals surface area contributed by atoms with Gasteiger partial charge in [-0.2, -0.15) is 0 Å². The zero-order chi connectivity index (χ0) is 18.8. The molecular formula is C23H34N2O2. The van der Waals surface area contributed by atoms with Crippen molar-refractivity contribution in [2.75, 3.05) is 32.8 Å². The third-order valence-electron chi connectivity index (χ3n) is 7.00. The number of nitrogens with one attached hydrogen (secondary N) is 1. The van der Waals surface area contributed by atoms with Crippen molar-refractivity contribution in [1.29, 1.82) is 0 Å². The van der Waals surface area contributed by atoms with Crippen LogP contribution in [0.25, 0.3) is 0 Å². The zero-order valence-corrected chi connectivity index (χ0v) is 16.8. The lowest BCUT2D eigenvalue weighted by molar-refractivity contribution is -0.123. The molecule has 0 radical (unpaired) electrons. The lowest BCUT2D eigenvalue weighted by Gasteiger charge is -2.26. The van der Waals surface area contributed by atoms with Gasteiger partial charge in [0.15, 0.2) is 0 Å². The minimum absolute atomic E-state index is 0.181. The van der Waals surface area contributed by atoms with Gasteiger partial charge in [0.05, 0.1) is 6.04 Å². The van der Waals surface area contributed by atoms with Gasteiger partial charge in [-0.1, -0.05) is 44.5 Å². The Morgan fingerprint density at radius 3 is 2.70 bits per heavy atom. The Balaban J connectivity index is 1.45. The van der Waals surface area contributed by atoms with E-state index >= 15 is 0 Å². The van der Waals surface area contributed by atoms with E-state index in [-0.39, 0.29) is 11.9 Å². The van der Waals surface area contributed by atoms with E-state index in [9.17, 15) is 4.79 Å². The molecule has 0 spiro atoms. The summed E-state index contributed by atoms with van der Waals surface area (Å²) in [5.74, 6) is 2.53. The van der Waals surface area contributed by atoms with E-state index in [0.717, 1.165) is 45.1 Å². The monoisotopic (exact) mass is 370 g/mol. The van der Waals surface area contributed by atoms with Crippen LogP contribution in [0.15, 0.2) is 24.3 Å². The van der Waals surface area contributed by atoms with Gasteiger partial charge >= 0.3 is 0 Å². The van der Waals surface area contributed by atoms with Crippen molar-refractivity contribution < 1.29 is 9.53 Å². The molecule has 0 aromatic heterocycles. The average Bonchev–Trinajstić information content (AvgIpc) is 3.21. The first-order valence-corrected chi connectivity index (χ1v) is 10.8. The molecule has 2 heterocycles. The fourth-order valence-corrected chi connectivity index (χ4v) is 5.29.